The summed E-state index contributed by atoms with van der Waals surface area (Å²) < 4.78 is 6.41. The van der Waals surface area contributed by atoms with E-state index in [9.17, 15) is 4.79 Å². The smallest absolute Gasteiger partial charge is 0.330 e. The molecule has 7 heteroatoms. The molecule has 0 aliphatic carbocycles. The molecule has 0 aliphatic rings. The number of carbonyl (C=O) groups excluding carboxylic acids is 1. The maximum Gasteiger partial charge on any atom is 0.330 e. The van der Waals surface area contributed by atoms with Crippen LogP contribution in [0.5, 0.6) is 0 Å². The number of aryl methyl sites for hydroxylation is 1. The van der Waals surface area contributed by atoms with Crippen LogP contribution >= 0.6 is 23.2 Å². The third-order valence-electron chi connectivity index (χ3n) is 3.76. The van der Waals surface area contributed by atoms with Crippen LogP contribution in [0.2, 0.25) is 10.0 Å². The Morgan fingerprint density at radius 3 is 2.72 bits per heavy atom. The maximum absolute atomic E-state index is 11.3. The zero-order chi connectivity index (χ0) is 18.0. The second-order valence-corrected chi connectivity index (χ2v) is 6.25. The Morgan fingerprint density at radius 2 is 2.04 bits per heavy atom. The van der Waals surface area contributed by atoms with Crippen molar-refractivity contribution in [2.45, 2.75) is 13.5 Å². The Morgan fingerprint density at radius 1 is 1.32 bits per heavy atom. The first-order valence-electron chi connectivity index (χ1n) is 7.51. The highest BCUT2D eigenvalue weighted by Gasteiger charge is 2.13. The molecule has 128 valence electrons. The van der Waals surface area contributed by atoms with Gasteiger partial charge < -0.3 is 4.74 Å². The Bertz CT molecular complexity index is 960. The van der Waals surface area contributed by atoms with Gasteiger partial charge in [-0.1, -0.05) is 29.3 Å². The van der Waals surface area contributed by atoms with Crippen molar-refractivity contribution in [1.82, 2.24) is 14.8 Å². The molecule has 3 aromatic rings. The number of hydrogen-bond acceptors (Lipinski definition) is 4. The van der Waals surface area contributed by atoms with Crippen LogP contribution in [0.3, 0.4) is 0 Å². The van der Waals surface area contributed by atoms with Crippen LogP contribution in [0.1, 0.15) is 16.8 Å². The average Bonchev–Trinajstić information content (AvgIpc) is 2.91. The number of benzene rings is 1. The summed E-state index contributed by atoms with van der Waals surface area (Å²) in [6, 6.07) is 7.30. The van der Waals surface area contributed by atoms with Gasteiger partial charge in [0.25, 0.3) is 0 Å². The summed E-state index contributed by atoms with van der Waals surface area (Å²) in [5, 5.41) is 5.71. The molecule has 0 atom stereocenters. The van der Waals surface area contributed by atoms with E-state index in [2.05, 4.69) is 14.8 Å². The van der Waals surface area contributed by atoms with E-state index in [0.717, 1.165) is 27.9 Å². The highest BCUT2D eigenvalue weighted by molar-refractivity contribution is 6.36. The first-order chi connectivity index (χ1) is 12.0. The van der Waals surface area contributed by atoms with Gasteiger partial charge in [0.15, 0.2) is 0 Å². The van der Waals surface area contributed by atoms with Crippen LogP contribution < -0.4 is 0 Å². The van der Waals surface area contributed by atoms with Crippen molar-refractivity contribution in [2.24, 2.45) is 0 Å². The molecule has 2 aromatic heterocycles. The summed E-state index contributed by atoms with van der Waals surface area (Å²) in [6.07, 6.45) is 4.68. The molecule has 0 N–H and O–H groups in total. The van der Waals surface area contributed by atoms with E-state index >= 15 is 0 Å². The predicted molar refractivity (Wildman–Crippen MR) is 98.9 cm³/mol. The Balaban J connectivity index is 2.03. The van der Waals surface area contributed by atoms with E-state index in [1.54, 1.807) is 35.2 Å². The Labute approximate surface area is 154 Å². The fourth-order valence-corrected chi connectivity index (χ4v) is 3.02. The maximum atomic E-state index is 11.3. The summed E-state index contributed by atoms with van der Waals surface area (Å²) in [6.45, 7) is 2.32. The zero-order valence-electron chi connectivity index (χ0n) is 13.7. The summed E-state index contributed by atoms with van der Waals surface area (Å²) >= 11 is 12.5. The molecule has 5 nitrogen and oxygen atoms in total. The topological polar surface area (TPSA) is 57.0 Å². The van der Waals surface area contributed by atoms with Gasteiger partial charge in [0, 0.05) is 27.9 Å². The number of hydrogen-bond donors (Lipinski definition) is 0. The Kier molecular flexibility index (Phi) is 5.06. The van der Waals surface area contributed by atoms with Crippen molar-refractivity contribution in [2.75, 3.05) is 7.11 Å². The number of nitrogens with zero attached hydrogens (tertiary/aromatic N) is 3. The number of fused-ring (bicyclic) bond motifs is 1. The van der Waals surface area contributed by atoms with Gasteiger partial charge in [0.1, 0.15) is 5.52 Å². The Hall–Kier alpha value is -2.37. The predicted octanol–water partition coefficient (Wildman–Crippen LogP) is 4.28. The number of halogens is 2. The number of pyridine rings is 1. The molecule has 0 unspecified atom stereocenters. The average molecular weight is 376 g/mol. The summed E-state index contributed by atoms with van der Waals surface area (Å²) in [7, 11) is 1.33. The molecule has 2 heterocycles. The molecule has 1 aromatic carbocycles. The highest BCUT2D eigenvalue weighted by atomic mass is 35.5. The van der Waals surface area contributed by atoms with Crippen molar-refractivity contribution < 1.29 is 9.53 Å². The second-order valence-electron chi connectivity index (χ2n) is 5.44. The van der Waals surface area contributed by atoms with Gasteiger partial charge in [-0.15, -0.1) is 0 Å². The van der Waals surface area contributed by atoms with E-state index in [-0.39, 0.29) is 0 Å². The largest absolute Gasteiger partial charge is 0.466 e. The van der Waals surface area contributed by atoms with Crippen molar-refractivity contribution >= 4 is 46.3 Å². The fourth-order valence-electron chi connectivity index (χ4n) is 2.50. The fraction of sp³-hybridized carbons (Fsp3) is 0.167. The highest BCUT2D eigenvalue weighted by Crippen LogP contribution is 2.27. The van der Waals surface area contributed by atoms with E-state index in [4.69, 9.17) is 23.2 Å². The van der Waals surface area contributed by atoms with Gasteiger partial charge in [-0.2, -0.15) is 5.10 Å². The van der Waals surface area contributed by atoms with Gasteiger partial charge in [0.2, 0.25) is 0 Å². The third-order valence-corrected chi connectivity index (χ3v) is 4.47. The minimum atomic E-state index is -0.423. The lowest BCUT2D eigenvalue weighted by Gasteiger charge is -2.08. The molecule has 0 amide bonds. The first-order valence-corrected chi connectivity index (χ1v) is 8.27. The lowest BCUT2D eigenvalue weighted by molar-refractivity contribution is -0.134. The van der Waals surface area contributed by atoms with Crippen molar-refractivity contribution in [1.29, 1.82) is 0 Å². The normalized spacial score (nSPS) is 11.4. The quantitative estimate of drug-likeness (QED) is 0.504. The molecule has 0 bridgehead atoms. The van der Waals surface area contributed by atoms with E-state index < -0.39 is 5.97 Å². The molecule has 3 rings (SSSR count). The molecular formula is C18H15Cl2N3O2. The van der Waals surface area contributed by atoms with Gasteiger partial charge in [-0.25, -0.2) is 4.79 Å². The van der Waals surface area contributed by atoms with Crippen LogP contribution in [0.4, 0.5) is 0 Å². The molecular weight excluding hydrogens is 361 g/mol. The van der Waals surface area contributed by atoms with E-state index in [1.165, 1.54) is 13.2 Å². The number of ether oxygens (including phenoxy) is 1. The van der Waals surface area contributed by atoms with E-state index in [1.807, 2.05) is 13.0 Å². The molecule has 25 heavy (non-hydrogen) atoms. The third kappa shape index (κ3) is 3.67. The summed E-state index contributed by atoms with van der Waals surface area (Å²) in [5.41, 5.74) is 4.00. The lowest BCUT2D eigenvalue weighted by Crippen LogP contribution is -2.03. The zero-order valence-corrected chi connectivity index (χ0v) is 15.2. The molecule has 0 saturated carbocycles. The van der Waals surface area contributed by atoms with Crippen LogP contribution in [-0.4, -0.2) is 27.8 Å². The number of aromatic nitrogens is 3. The minimum Gasteiger partial charge on any atom is -0.466 e. The van der Waals surface area contributed by atoms with Crippen LogP contribution in [0.25, 0.3) is 17.1 Å². The molecule has 0 aliphatic heterocycles. The van der Waals surface area contributed by atoms with Crippen LogP contribution in [0.15, 0.2) is 36.5 Å². The summed E-state index contributed by atoms with van der Waals surface area (Å²) in [5.74, 6) is -0.423. The molecule has 0 saturated heterocycles. The monoisotopic (exact) mass is 375 g/mol. The minimum absolute atomic E-state index is 0.423. The van der Waals surface area contributed by atoms with Crippen LogP contribution in [-0.2, 0) is 16.1 Å². The molecule has 0 radical (unpaired) electrons. The van der Waals surface area contributed by atoms with Crippen molar-refractivity contribution in [3.8, 4) is 0 Å². The van der Waals surface area contributed by atoms with Gasteiger partial charge in [0.05, 0.1) is 24.9 Å². The summed E-state index contributed by atoms with van der Waals surface area (Å²) in [4.78, 5) is 15.7. The first kappa shape index (κ1) is 17.5. The van der Waals surface area contributed by atoms with Crippen molar-refractivity contribution in [3.05, 3.63) is 63.4 Å². The number of carbonyl (C=O) groups is 1. The number of rotatable bonds is 4. The SMILES string of the molecule is COC(=O)/C=C/c1cnc2c(C)nn(Cc3c(Cl)cccc3Cl)c2c1. The number of esters is 1. The number of methoxy groups -OCH3 is 1. The van der Waals surface area contributed by atoms with Gasteiger partial charge in [-0.05, 0) is 36.8 Å². The molecule has 0 fully saturated rings. The lowest BCUT2D eigenvalue weighted by atomic mass is 10.2. The van der Waals surface area contributed by atoms with Crippen LogP contribution in [0, 0.1) is 6.92 Å². The van der Waals surface area contributed by atoms with E-state index in [0.29, 0.717) is 16.6 Å². The second kappa shape index (κ2) is 7.25. The standard InChI is InChI=1S/C18H15Cl2N3O2/c1-11-18-16(8-12(9-21-18)6-7-17(24)25-2)23(22-11)10-13-14(19)4-3-5-15(13)20/h3-9H,10H2,1-2H3/b7-6+. The van der Waals surface area contributed by atoms with Gasteiger partial charge >= 0.3 is 5.97 Å². The molecule has 0 spiro atoms. The van der Waals surface area contributed by atoms with Gasteiger partial charge in [-0.3, -0.25) is 9.67 Å². The van der Waals surface area contributed by atoms with Crippen molar-refractivity contribution in [3.63, 3.8) is 0 Å².